The summed E-state index contributed by atoms with van der Waals surface area (Å²) in [4.78, 5) is 24.8. The second kappa shape index (κ2) is 4.99. The third-order valence-electron chi connectivity index (χ3n) is 3.28. The number of ether oxygens (including phenoxy) is 1. The molecule has 1 saturated heterocycles. The van der Waals surface area contributed by atoms with Gasteiger partial charge in [-0.1, -0.05) is 12.1 Å². The van der Waals surface area contributed by atoms with Crippen molar-refractivity contribution in [1.29, 1.82) is 0 Å². The fraction of sp³-hybridized carbons (Fsp3) is 0.385. The van der Waals surface area contributed by atoms with E-state index in [4.69, 9.17) is 15.6 Å². The number of carboxylic acids is 1. The number of amides is 1. The van der Waals surface area contributed by atoms with Crippen LogP contribution in [0.5, 0.6) is 0 Å². The number of nitrogens with zero attached hydrogens (tertiary/aromatic N) is 1. The molecule has 102 valence electrons. The molecule has 19 heavy (non-hydrogen) atoms. The number of carboxylic acid groups (broad SMARTS) is 1. The van der Waals surface area contributed by atoms with E-state index < -0.39 is 11.5 Å². The van der Waals surface area contributed by atoms with Crippen LogP contribution >= 0.6 is 0 Å². The Morgan fingerprint density at radius 3 is 2.68 bits per heavy atom. The van der Waals surface area contributed by atoms with E-state index in [1.807, 2.05) is 0 Å². The number of aromatic carboxylic acids is 1. The first-order valence-electron chi connectivity index (χ1n) is 5.93. The molecular weight excluding hydrogens is 248 g/mol. The Hall–Kier alpha value is -1.92. The van der Waals surface area contributed by atoms with Gasteiger partial charge in [0.25, 0.3) is 0 Å². The van der Waals surface area contributed by atoms with E-state index in [1.54, 1.807) is 18.2 Å². The zero-order valence-corrected chi connectivity index (χ0v) is 10.6. The lowest BCUT2D eigenvalue weighted by atomic mass is 9.98. The molecular formula is C13H16N2O4. The summed E-state index contributed by atoms with van der Waals surface area (Å²) in [6, 6.07) is 6.33. The second-order valence-electron chi connectivity index (χ2n) is 4.65. The minimum Gasteiger partial charge on any atom is -0.478 e. The van der Waals surface area contributed by atoms with E-state index >= 15 is 0 Å². The smallest absolute Gasteiger partial charge is 0.337 e. The zero-order chi connectivity index (χ0) is 14.0. The summed E-state index contributed by atoms with van der Waals surface area (Å²) in [5.41, 5.74) is 5.33. The number of rotatable bonds is 3. The Bertz CT molecular complexity index is 509. The van der Waals surface area contributed by atoms with Gasteiger partial charge in [-0.2, -0.15) is 0 Å². The van der Waals surface area contributed by atoms with Gasteiger partial charge in [-0.05, 0) is 18.6 Å². The Morgan fingerprint density at radius 2 is 2.11 bits per heavy atom. The van der Waals surface area contributed by atoms with Crippen LogP contribution in [0, 0.1) is 0 Å². The molecule has 0 spiro atoms. The molecule has 6 nitrogen and oxygen atoms in total. The fourth-order valence-corrected chi connectivity index (χ4v) is 2.14. The molecule has 1 aromatic carbocycles. The average Bonchev–Trinajstić information content (AvgIpc) is 2.85. The van der Waals surface area contributed by atoms with Crippen molar-refractivity contribution in [3.63, 3.8) is 0 Å². The molecule has 1 heterocycles. The molecule has 0 bridgehead atoms. The normalized spacial score (nSPS) is 22.2. The molecule has 1 atom stereocenters. The van der Waals surface area contributed by atoms with Crippen LogP contribution in [0.2, 0.25) is 0 Å². The molecule has 0 aromatic heterocycles. The SMILES string of the molecule is CN(C(=O)C1(N)CCOC1)c1ccccc1C(=O)O. The van der Waals surface area contributed by atoms with E-state index in [9.17, 15) is 9.59 Å². The van der Waals surface area contributed by atoms with Crippen LogP contribution in [0.3, 0.4) is 0 Å². The van der Waals surface area contributed by atoms with Gasteiger partial charge in [0.05, 0.1) is 17.9 Å². The number of carbonyl (C=O) groups excluding carboxylic acids is 1. The van der Waals surface area contributed by atoms with Crippen molar-refractivity contribution in [2.75, 3.05) is 25.2 Å². The predicted molar refractivity (Wildman–Crippen MR) is 69.2 cm³/mol. The zero-order valence-electron chi connectivity index (χ0n) is 10.6. The van der Waals surface area contributed by atoms with Gasteiger partial charge >= 0.3 is 5.97 Å². The number of benzene rings is 1. The minimum atomic E-state index is -1.08. The van der Waals surface area contributed by atoms with Crippen molar-refractivity contribution in [3.05, 3.63) is 29.8 Å². The van der Waals surface area contributed by atoms with Gasteiger partial charge in [0.1, 0.15) is 5.54 Å². The first kappa shape index (κ1) is 13.5. The van der Waals surface area contributed by atoms with Gasteiger partial charge in [0.2, 0.25) is 5.91 Å². The van der Waals surface area contributed by atoms with Crippen LogP contribution < -0.4 is 10.6 Å². The predicted octanol–water partition coefficient (Wildman–Crippen LogP) is 0.465. The van der Waals surface area contributed by atoms with Gasteiger partial charge in [0, 0.05) is 13.7 Å². The van der Waals surface area contributed by atoms with E-state index in [0.29, 0.717) is 18.7 Å². The number of carbonyl (C=O) groups is 2. The summed E-state index contributed by atoms with van der Waals surface area (Å²) in [6.45, 7) is 0.599. The lowest BCUT2D eigenvalue weighted by Crippen LogP contribution is -2.55. The Balaban J connectivity index is 2.31. The molecule has 2 rings (SSSR count). The summed E-state index contributed by atoms with van der Waals surface area (Å²) in [5, 5.41) is 9.13. The lowest BCUT2D eigenvalue weighted by Gasteiger charge is -2.28. The average molecular weight is 264 g/mol. The molecule has 0 saturated carbocycles. The first-order valence-corrected chi connectivity index (χ1v) is 5.93. The fourth-order valence-electron chi connectivity index (χ4n) is 2.14. The van der Waals surface area contributed by atoms with Crippen molar-refractivity contribution in [3.8, 4) is 0 Å². The summed E-state index contributed by atoms with van der Waals surface area (Å²) in [7, 11) is 1.52. The van der Waals surface area contributed by atoms with E-state index in [-0.39, 0.29) is 18.1 Å². The highest BCUT2D eigenvalue weighted by Gasteiger charge is 2.41. The largest absolute Gasteiger partial charge is 0.478 e. The maximum Gasteiger partial charge on any atom is 0.337 e. The van der Waals surface area contributed by atoms with Crippen LogP contribution in [0.15, 0.2) is 24.3 Å². The van der Waals surface area contributed by atoms with Gasteiger partial charge in [-0.3, -0.25) is 4.79 Å². The minimum absolute atomic E-state index is 0.0702. The van der Waals surface area contributed by atoms with Crippen molar-refractivity contribution in [2.45, 2.75) is 12.0 Å². The lowest BCUT2D eigenvalue weighted by molar-refractivity contribution is -0.123. The maximum absolute atomic E-state index is 12.4. The summed E-state index contributed by atoms with van der Waals surface area (Å²) >= 11 is 0. The third kappa shape index (κ3) is 2.45. The highest BCUT2D eigenvalue weighted by atomic mass is 16.5. The van der Waals surface area contributed by atoms with Crippen LogP contribution in [0.4, 0.5) is 5.69 Å². The standard InChI is InChI=1S/C13H16N2O4/c1-15(12(18)13(14)6-7-19-8-13)10-5-3-2-4-9(10)11(16)17/h2-5H,6-8,14H2,1H3,(H,16,17). The molecule has 1 aromatic rings. The summed E-state index contributed by atoms with van der Waals surface area (Å²) < 4.78 is 5.16. The number of hydrogen-bond acceptors (Lipinski definition) is 4. The highest BCUT2D eigenvalue weighted by molar-refractivity contribution is 6.05. The second-order valence-corrected chi connectivity index (χ2v) is 4.65. The highest BCUT2D eigenvalue weighted by Crippen LogP contribution is 2.24. The Kier molecular flexibility index (Phi) is 3.55. The third-order valence-corrected chi connectivity index (χ3v) is 3.28. The number of para-hydroxylation sites is 1. The van der Waals surface area contributed by atoms with Gasteiger partial charge in [-0.15, -0.1) is 0 Å². The van der Waals surface area contributed by atoms with Crippen LogP contribution in [-0.4, -0.2) is 42.8 Å². The first-order chi connectivity index (χ1) is 8.96. The Labute approximate surface area is 110 Å². The monoisotopic (exact) mass is 264 g/mol. The van der Waals surface area contributed by atoms with Crippen LogP contribution in [0.1, 0.15) is 16.8 Å². The van der Waals surface area contributed by atoms with E-state index in [1.165, 1.54) is 18.0 Å². The molecule has 6 heteroatoms. The quantitative estimate of drug-likeness (QED) is 0.827. The molecule has 1 unspecified atom stereocenters. The molecule has 1 fully saturated rings. The van der Waals surface area contributed by atoms with Crippen LogP contribution in [-0.2, 0) is 9.53 Å². The van der Waals surface area contributed by atoms with Gasteiger partial charge in [0.15, 0.2) is 0 Å². The molecule has 1 aliphatic rings. The summed E-state index contributed by atoms with van der Waals surface area (Å²) in [6.07, 6.45) is 0.436. The number of likely N-dealkylation sites (N-methyl/N-ethyl adjacent to an activating group) is 1. The summed E-state index contributed by atoms with van der Waals surface area (Å²) in [5.74, 6) is -1.41. The molecule has 0 aliphatic carbocycles. The van der Waals surface area contributed by atoms with Crippen molar-refractivity contribution in [1.82, 2.24) is 0 Å². The topological polar surface area (TPSA) is 92.9 Å². The number of nitrogens with two attached hydrogens (primary N) is 1. The van der Waals surface area contributed by atoms with Crippen LogP contribution in [0.25, 0.3) is 0 Å². The van der Waals surface area contributed by atoms with Crippen molar-refractivity contribution in [2.24, 2.45) is 5.73 Å². The molecule has 0 radical (unpaired) electrons. The Morgan fingerprint density at radius 1 is 1.42 bits per heavy atom. The molecule has 1 aliphatic heterocycles. The molecule has 3 N–H and O–H groups in total. The molecule has 1 amide bonds. The van der Waals surface area contributed by atoms with Gasteiger partial charge in [-0.25, -0.2) is 4.79 Å². The van der Waals surface area contributed by atoms with Crippen molar-refractivity contribution >= 4 is 17.6 Å². The van der Waals surface area contributed by atoms with E-state index in [2.05, 4.69) is 0 Å². The number of hydrogen-bond donors (Lipinski definition) is 2. The number of anilines is 1. The maximum atomic E-state index is 12.4. The van der Waals surface area contributed by atoms with E-state index in [0.717, 1.165) is 0 Å². The van der Waals surface area contributed by atoms with Crippen molar-refractivity contribution < 1.29 is 19.4 Å². The van der Waals surface area contributed by atoms with Gasteiger partial charge < -0.3 is 20.5 Å².